The third-order valence-electron chi connectivity index (χ3n) is 2.72. The number of esters is 1. The fourth-order valence-corrected chi connectivity index (χ4v) is 2.55. The SMILES string of the molecule is CCc1nc(COC(=O)COCc2ccccc2Cl)cs1. The van der Waals surface area contributed by atoms with Crippen molar-refractivity contribution in [2.75, 3.05) is 6.61 Å². The lowest BCUT2D eigenvalue weighted by Gasteiger charge is -2.06. The highest BCUT2D eigenvalue weighted by atomic mass is 35.5. The molecule has 0 fully saturated rings. The molecule has 0 bridgehead atoms. The summed E-state index contributed by atoms with van der Waals surface area (Å²) in [6.07, 6.45) is 0.888. The molecule has 0 aliphatic carbocycles. The van der Waals surface area contributed by atoms with Crippen molar-refractivity contribution >= 4 is 28.9 Å². The molecule has 0 saturated carbocycles. The molecule has 112 valence electrons. The first-order valence-corrected chi connectivity index (χ1v) is 7.85. The van der Waals surface area contributed by atoms with E-state index in [1.807, 2.05) is 30.5 Å². The molecule has 1 heterocycles. The Morgan fingerprint density at radius 1 is 1.33 bits per heavy atom. The molecule has 0 unspecified atom stereocenters. The van der Waals surface area contributed by atoms with Crippen LogP contribution in [0.5, 0.6) is 0 Å². The van der Waals surface area contributed by atoms with E-state index in [0.717, 1.165) is 22.7 Å². The van der Waals surface area contributed by atoms with E-state index in [9.17, 15) is 4.79 Å². The molecule has 4 nitrogen and oxygen atoms in total. The predicted octanol–water partition coefficient (Wildman–Crippen LogP) is 3.62. The molecule has 1 aromatic carbocycles. The molecule has 6 heteroatoms. The van der Waals surface area contributed by atoms with Crippen molar-refractivity contribution in [2.24, 2.45) is 0 Å². The van der Waals surface area contributed by atoms with E-state index in [-0.39, 0.29) is 19.8 Å². The van der Waals surface area contributed by atoms with Crippen LogP contribution >= 0.6 is 22.9 Å². The van der Waals surface area contributed by atoms with E-state index < -0.39 is 5.97 Å². The van der Waals surface area contributed by atoms with Gasteiger partial charge in [-0.2, -0.15) is 0 Å². The number of halogens is 1. The zero-order chi connectivity index (χ0) is 15.1. The van der Waals surface area contributed by atoms with Crippen LogP contribution in [0.1, 0.15) is 23.2 Å². The minimum atomic E-state index is -0.409. The lowest BCUT2D eigenvalue weighted by atomic mass is 10.2. The van der Waals surface area contributed by atoms with Gasteiger partial charge in [0.05, 0.1) is 17.3 Å². The van der Waals surface area contributed by atoms with Gasteiger partial charge in [0.25, 0.3) is 0 Å². The summed E-state index contributed by atoms with van der Waals surface area (Å²) in [4.78, 5) is 15.9. The number of thiazole rings is 1. The fourth-order valence-electron chi connectivity index (χ4n) is 1.63. The Kier molecular flexibility index (Phi) is 6.17. The highest BCUT2D eigenvalue weighted by Gasteiger charge is 2.07. The Morgan fingerprint density at radius 3 is 2.86 bits per heavy atom. The number of benzene rings is 1. The number of nitrogens with zero attached hydrogens (tertiary/aromatic N) is 1. The summed E-state index contributed by atoms with van der Waals surface area (Å²) in [7, 11) is 0. The number of carbonyl (C=O) groups excluding carboxylic acids is 1. The molecule has 21 heavy (non-hydrogen) atoms. The maximum Gasteiger partial charge on any atom is 0.332 e. The quantitative estimate of drug-likeness (QED) is 0.729. The van der Waals surface area contributed by atoms with Crippen LogP contribution in [-0.4, -0.2) is 17.6 Å². The van der Waals surface area contributed by atoms with Crippen LogP contribution in [0.25, 0.3) is 0 Å². The summed E-state index contributed by atoms with van der Waals surface area (Å²) in [6.45, 7) is 2.41. The fraction of sp³-hybridized carbons (Fsp3) is 0.333. The Morgan fingerprint density at radius 2 is 2.14 bits per heavy atom. The first-order chi connectivity index (χ1) is 10.2. The minimum absolute atomic E-state index is 0.101. The first-order valence-electron chi connectivity index (χ1n) is 6.59. The minimum Gasteiger partial charge on any atom is -0.457 e. The van der Waals surface area contributed by atoms with Crippen molar-refractivity contribution in [3.63, 3.8) is 0 Å². The normalized spacial score (nSPS) is 10.6. The second kappa shape index (κ2) is 8.12. The van der Waals surface area contributed by atoms with Gasteiger partial charge in [-0.3, -0.25) is 0 Å². The van der Waals surface area contributed by atoms with Crippen LogP contribution in [0.3, 0.4) is 0 Å². The summed E-state index contributed by atoms with van der Waals surface area (Å²) in [5, 5.41) is 3.56. The third kappa shape index (κ3) is 5.12. The number of aromatic nitrogens is 1. The Balaban J connectivity index is 1.69. The maximum atomic E-state index is 11.6. The molecule has 2 rings (SSSR count). The van der Waals surface area contributed by atoms with Gasteiger partial charge in [-0.25, -0.2) is 9.78 Å². The van der Waals surface area contributed by atoms with Crippen molar-refractivity contribution in [3.05, 3.63) is 50.9 Å². The topological polar surface area (TPSA) is 48.4 Å². The van der Waals surface area contributed by atoms with Crippen molar-refractivity contribution in [1.82, 2.24) is 4.98 Å². The summed E-state index contributed by atoms with van der Waals surface area (Å²) in [6, 6.07) is 7.36. The zero-order valence-corrected chi connectivity index (χ0v) is 13.2. The molecule has 1 aromatic heterocycles. The maximum absolute atomic E-state index is 11.6. The van der Waals surface area contributed by atoms with Crippen molar-refractivity contribution < 1.29 is 14.3 Å². The number of hydrogen-bond acceptors (Lipinski definition) is 5. The summed E-state index contributed by atoms with van der Waals surface area (Å²) >= 11 is 7.56. The lowest BCUT2D eigenvalue weighted by molar-refractivity contribution is -0.150. The highest BCUT2D eigenvalue weighted by molar-refractivity contribution is 7.09. The summed E-state index contributed by atoms with van der Waals surface area (Å²) < 4.78 is 10.4. The van der Waals surface area contributed by atoms with Crippen LogP contribution in [0.2, 0.25) is 5.02 Å². The van der Waals surface area contributed by atoms with E-state index in [2.05, 4.69) is 4.98 Å². The monoisotopic (exact) mass is 325 g/mol. The average Bonchev–Trinajstić information content (AvgIpc) is 2.95. The molecule has 0 saturated heterocycles. The third-order valence-corrected chi connectivity index (χ3v) is 4.13. The second-order valence-electron chi connectivity index (χ2n) is 4.33. The van der Waals surface area contributed by atoms with Crippen molar-refractivity contribution in [1.29, 1.82) is 0 Å². The molecular formula is C15H16ClNO3S. The number of ether oxygens (including phenoxy) is 2. The molecule has 0 aliphatic heterocycles. The molecule has 2 aromatic rings. The molecule has 0 aliphatic rings. The smallest absolute Gasteiger partial charge is 0.332 e. The van der Waals surface area contributed by atoms with E-state index in [4.69, 9.17) is 21.1 Å². The average molecular weight is 326 g/mol. The van der Waals surface area contributed by atoms with Crippen LogP contribution in [0.15, 0.2) is 29.6 Å². The van der Waals surface area contributed by atoms with Gasteiger partial charge in [0.1, 0.15) is 13.2 Å². The van der Waals surface area contributed by atoms with Crippen LogP contribution in [0.4, 0.5) is 0 Å². The predicted molar refractivity (Wildman–Crippen MR) is 82.4 cm³/mol. The van der Waals surface area contributed by atoms with E-state index >= 15 is 0 Å². The van der Waals surface area contributed by atoms with Crippen LogP contribution in [0, 0.1) is 0 Å². The standard InChI is InChI=1S/C15H16ClNO3S/c1-2-14-17-12(10-21-14)8-20-15(18)9-19-7-11-5-3-4-6-13(11)16/h3-6,10H,2,7-9H2,1H3. The van der Waals surface area contributed by atoms with Gasteiger partial charge in [0.15, 0.2) is 0 Å². The van der Waals surface area contributed by atoms with Gasteiger partial charge in [-0.15, -0.1) is 11.3 Å². The van der Waals surface area contributed by atoms with E-state index in [1.54, 1.807) is 17.4 Å². The first kappa shape index (κ1) is 15.9. The number of carbonyl (C=O) groups is 1. The largest absolute Gasteiger partial charge is 0.457 e. The highest BCUT2D eigenvalue weighted by Crippen LogP contribution is 2.15. The Bertz CT molecular complexity index is 600. The number of rotatable bonds is 7. The molecule has 0 atom stereocenters. The van der Waals surface area contributed by atoms with Crippen molar-refractivity contribution in [3.8, 4) is 0 Å². The molecule has 0 spiro atoms. The number of aryl methyl sites for hydroxylation is 1. The molecule has 0 N–H and O–H groups in total. The molecule has 0 amide bonds. The summed E-state index contributed by atoms with van der Waals surface area (Å²) in [5.41, 5.74) is 1.62. The van der Waals surface area contributed by atoms with Gasteiger partial charge in [0.2, 0.25) is 0 Å². The second-order valence-corrected chi connectivity index (χ2v) is 5.68. The van der Waals surface area contributed by atoms with E-state index in [1.165, 1.54) is 0 Å². The van der Waals surface area contributed by atoms with Gasteiger partial charge >= 0.3 is 5.97 Å². The van der Waals surface area contributed by atoms with Crippen LogP contribution in [-0.2, 0) is 33.9 Å². The lowest BCUT2D eigenvalue weighted by Crippen LogP contribution is -2.12. The van der Waals surface area contributed by atoms with Gasteiger partial charge in [-0.1, -0.05) is 36.7 Å². The van der Waals surface area contributed by atoms with Gasteiger partial charge in [-0.05, 0) is 18.1 Å². The van der Waals surface area contributed by atoms with Crippen molar-refractivity contribution in [2.45, 2.75) is 26.6 Å². The number of hydrogen-bond donors (Lipinski definition) is 0. The van der Waals surface area contributed by atoms with E-state index in [0.29, 0.717) is 5.02 Å². The molecule has 0 radical (unpaired) electrons. The zero-order valence-electron chi connectivity index (χ0n) is 11.7. The molecular weight excluding hydrogens is 310 g/mol. The Labute approximate surface area is 132 Å². The van der Waals surface area contributed by atoms with Gasteiger partial charge in [0, 0.05) is 10.4 Å². The summed E-state index contributed by atoms with van der Waals surface area (Å²) in [5.74, 6) is -0.409. The Hall–Kier alpha value is -1.43. The van der Waals surface area contributed by atoms with Crippen LogP contribution < -0.4 is 0 Å². The van der Waals surface area contributed by atoms with Gasteiger partial charge < -0.3 is 9.47 Å².